The molecule has 98 valence electrons. The normalized spacial score (nSPS) is 21.7. The highest BCUT2D eigenvalue weighted by molar-refractivity contribution is 5.92. The molecule has 6 heteroatoms. The fourth-order valence-electron chi connectivity index (χ4n) is 2.04. The summed E-state index contributed by atoms with van der Waals surface area (Å²) in [7, 11) is 0. The summed E-state index contributed by atoms with van der Waals surface area (Å²) >= 11 is 0. The zero-order chi connectivity index (χ0) is 13.2. The van der Waals surface area contributed by atoms with Crippen LogP contribution in [-0.4, -0.2) is 38.2 Å². The van der Waals surface area contributed by atoms with Crippen molar-refractivity contribution in [3.63, 3.8) is 0 Å². The maximum absolute atomic E-state index is 11.9. The van der Waals surface area contributed by atoms with Gasteiger partial charge >= 0.3 is 0 Å². The number of nitrogens with zero attached hydrogens (tertiary/aromatic N) is 3. The average Bonchev–Trinajstić information content (AvgIpc) is 2.87. The highest BCUT2D eigenvalue weighted by Crippen LogP contribution is 2.19. The first kappa shape index (κ1) is 11.9. The minimum atomic E-state index is -0.287. The number of aromatic nitrogens is 3. The number of amides is 1. The second-order valence-corrected chi connectivity index (χ2v) is 4.68. The fourth-order valence-corrected chi connectivity index (χ4v) is 2.04. The van der Waals surface area contributed by atoms with Gasteiger partial charge < -0.3 is 10.4 Å². The van der Waals surface area contributed by atoms with Crippen molar-refractivity contribution >= 4 is 5.91 Å². The quantitative estimate of drug-likeness (QED) is 0.841. The van der Waals surface area contributed by atoms with E-state index in [1.54, 1.807) is 10.9 Å². The molecule has 1 fully saturated rings. The third-order valence-electron chi connectivity index (χ3n) is 3.20. The van der Waals surface area contributed by atoms with Crippen molar-refractivity contribution in [2.45, 2.75) is 25.0 Å². The number of aliphatic hydroxyl groups is 1. The largest absolute Gasteiger partial charge is 0.393 e. The monoisotopic (exact) mass is 258 g/mol. The Labute approximate surface area is 110 Å². The van der Waals surface area contributed by atoms with Gasteiger partial charge in [-0.05, 0) is 25.0 Å². The molecule has 1 aliphatic rings. The van der Waals surface area contributed by atoms with Crippen molar-refractivity contribution in [3.05, 3.63) is 42.2 Å². The van der Waals surface area contributed by atoms with Gasteiger partial charge in [0.25, 0.3) is 5.91 Å². The summed E-state index contributed by atoms with van der Waals surface area (Å²) in [5, 5.41) is 19.8. The maximum atomic E-state index is 11.9. The van der Waals surface area contributed by atoms with E-state index >= 15 is 0 Å². The molecule has 0 atom stereocenters. The number of carbonyl (C=O) groups is 1. The van der Waals surface area contributed by atoms with Crippen LogP contribution in [0.15, 0.2) is 36.5 Å². The average molecular weight is 258 g/mol. The van der Waals surface area contributed by atoms with Gasteiger partial charge in [-0.1, -0.05) is 23.4 Å². The minimum Gasteiger partial charge on any atom is -0.393 e. The lowest BCUT2D eigenvalue weighted by Gasteiger charge is -2.31. The van der Waals surface area contributed by atoms with Gasteiger partial charge in [-0.25, -0.2) is 4.68 Å². The predicted molar refractivity (Wildman–Crippen MR) is 67.9 cm³/mol. The fraction of sp³-hybridized carbons (Fsp3) is 0.308. The second kappa shape index (κ2) is 4.81. The van der Waals surface area contributed by atoms with Crippen LogP contribution in [0.1, 0.15) is 23.3 Å². The van der Waals surface area contributed by atoms with Crippen molar-refractivity contribution in [1.82, 2.24) is 20.3 Å². The Morgan fingerprint density at radius 1 is 1.32 bits per heavy atom. The molecule has 2 N–H and O–H groups in total. The number of para-hydroxylation sites is 1. The zero-order valence-electron chi connectivity index (χ0n) is 10.2. The molecular weight excluding hydrogens is 244 g/mol. The second-order valence-electron chi connectivity index (χ2n) is 4.68. The molecule has 0 bridgehead atoms. The van der Waals surface area contributed by atoms with E-state index in [-0.39, 0.29) is 23.7 Å². The molecule has 1 aromatic heterocycles. The van der Waals surface area contributed by atoms with Gasteiger partial charge in [0.15, 0.2) is 5.69 Å². The Morgan fingerprint density at radius 3 is 2.74 bits per heavy atom. The van der Waals surface area contributed by atoms with Crippen LogP contribution in [0, 0.1) is 0 Å². The summed E-state index contributed by atoms with van der Waals surface area (Å²) in [6, 6.07) is 9.52. The molecule has 0 spiro atoms. The van der Waals surface area contributed by atoms with Crippen molar-refractivity contribution < 1.29 is 9.90 Å². The van der Waals surface area contributed by atoms with Crippen molar-refractivity contribution in [2.24, 2.45) is 0 Å². The van der Waals surface area contributed by atoms with Crippen LogP contribution in [0.2, 0.25) is 0 Å². The van der Waals surface area contributed by atoms with Crippen LogP contribution in [0.5, 0.6) is 0 Å². The van der Waals surface area contributed by atoms with E-state index < -0.39 is 0 Å². The smallest absolute Gasteiger partial charge is 0.273 e. The Hall–Kier alpha value is -2.21. The zero-order valence-corrected chi connectivity index (χ0v) is 10.2. The minimum absolute atomic E-state index is 0.0457. The molecule has 1 amide bonds. The molecule has 0 unspecified atom stereocenters. The Bertz CT molecular complexity index is 575. The molecule has 1 aliphatic carbocycles. The Morgan fingerprint density at radius 2 is 2.05 bits per heavy atom. The van der Waals surface area contributed by atoms with E-state index in [2.05, 4.69) is 15.6 Å². The highest BCUT2D eigenvalue weighted by Gasteiger charge is 2.29. The standard InChI is InChI=1S/C13H14N4O2/c18-11-6-9(7-11)14-13(19)12-8-17(16-15-12)10-4-2-1-3-5-10/h1-5,8-9,11,18H,6-7H2,(H,14,19). The summed E-state index contributed by atoms with van der Waals surface area (Å²) < 4.78 is 1.56. The molecule has 0 radical (unpaired) electrons. The van der Waals surface area contributed by atoms with E-state index in [9.17, 15) is 9.90 Å². The highest BCUT2D eigenvalue weighted by atomic mass is 16.3. The SMILES string of the molecule is O=C(NC1CC(O)C1)c1cn(-c2ccccc2)nn1. The third kappa shape index (κ3) is 2.48. The van der Waals surface area contributed by atoms with Gasteiger partial charge in [-0.3, -0.25) is 4.79 Å². The molecule has 0 saturated heterocycles. The summed E-state index contributed by atoms with van der Waals surface area (Å²) in [4.78, 5) is 11.9. The lowest BCUT2D eigenvalue weighted by atomic mass is 9.89. The van der Waals surface area contributed by atoms with Crippen LogP contribution in [0.25, 0.3) is 5.69 Å². The maximum Gasteiger partial charge on any atom is 0.273 e. The molecule has 1 saturated carbocycles. The van der Waals surface area contributed by atoms with Crippen LogP contribution in [0.4, 0.5) is 0 Å². The number of nitrogens with one attached hydrogen (secondary N) is 1. The van der Waals surface area contributed by atoms with Gasteiger partial charge in [0, 0.05) is 6.04 Å². The molecule has 6 nitrogen and oxygen atoms in total. The summed E-state index contributed by atoms with van der Waals surface area (Å²) in [6.07, 6.45) is 2.53. The van der Waals surface area contributed by atoms with Crippen LogP contribution < -0.4 is 5.32 Å². The van der Waals surface area contributed by atoms with Crippen LogP contribution in [0.3, 0.4) is 0 Å². The van der Waals surface area contributed by atoms with Gasteiger partial charge in [0.2, 0.25) is 0 Å². The number of aliphatic hydroxyl groups excluding tert-OH is 1. The number of benzene rings is 1. The van der Waals surface area contributed by atoms with E-state index in [1.165, 1.54) is 0 Å². The molecular formula is C13H14N4O2. The van der Waals surface area contributed by atoms with E-state index in [0.29, 0.717) is 12.8 Å². The lowest BCUT2D eigenvalue weighted by molar-refractivity contribution is 0.0560. The van der Waals surface area contributed by atoms with Gasteiger partial charge in [-0.15, -0.1) is 5.10 Å². The summed E-state index contributed by atoms with van der Waals surface area (Å²) in [5.41, 5.74) is 1.14. The van der Waals surface area contributed by atoms with E-state index in [0.717, 1.165) is 5.69 Å². The topological polar surface area (TPSA) is 80.0 Å². The van der Waals surface area contributed by atoms with Crippen LogP contribution >= 0.6 is 0 Å². The number of hydrogen-bond donors (Lipinski definition) is 2. The first-order valence-corrected chi connectivity index (χ1v) is 6.19. The summed E-state index contributed by atoms with van der Waals surface area (Å²) in [5.74, 6) is -0.251. The predicted octanol–water partition coefficient (Wildman–Crippen LogP) is 0.520. The van der Waals surface area contributed by atoms with Gasteiger partial charge in [-0.2, -0.15) is 0 Å². The number of rotatable bonds is 3. The van der Waals surface area contributed by atoms with Gasteiger partial charge in [0.05, 0.1) is 18.0 Å². The number of hydrogen-bond acceptors (Lipinski definition) is 4. The van der Waals surface area contributed by atoms with Crippen molar-refractivity contribution in [2.75, 3.05) is 0 Å². The van der Waals surface area contributed by atoms with Crippen molar-refractivity contribution in [3.8, 4) is 5.69 Å². The molecule has 1 aromatic carbocycles. The Kier molecular flexibility index (Phi) is 3.00. The Balaban J connectivity index is 1.69. The molecule has 1 heterocycles. The first-order valence-electron chi connectivity index (χ1n) is 6.19. The number of carbonyl (C=O) groups excluding carboxylic acids is 1. The molecule has 2 aromatic rings. The van der Waals surface area contributed by atoms with Crippen molar-refractivity contribution in [1.29, 1.82) is 0 Å². The van der Waals surface area contributed by atoms with E-state index in [4.69, 9.17) is 0 Å². The van der Waals surface area contributed by atoms with Crippen LogP contribution in [-0.2, 0) is 0 Å². The van der Waals surface area contributed by atoms with E-state index in [1.807, 2.05) is 30.3 Å². The third-order valence-corrected chi connectivity index (χ3v) is 3.20. The van der Waals surface area contributed by atoms with Gasteiger partial charge in [0.1, 0.15) is 0 Å². The molecule has 19 heavy (non-hydrogen) atoms. The summed E-state index contributed by atoms with van der Waals surface area (Å²) in [6.45, 7) is 0. The lowest BCUT2D eigenvalue weighted by Crippen LogP contribution is -2.46. The molecule has 0 aliphatic heterocycles. The molecule has 3 rings (SSSR count). The first-order chi connectivity index (χ1) is 9.22.